The molecule has 1 aromatic heterocycles. The second kappa shape index (κ2) is 11.5. The number of carbonyl (C=O) groups excluding carboxylic acids is 1. The maximum absolute atomic E-state index is 15.1. The summed E-state index contributed by atoms with van der Waals surface area (Å²) in [6, 6.07) is 5.43. The SMILES string of the molecule is COCC[C@@H](CO)n1cc(C(=O)O)c(=O)c2cc(Cc3cc(N4CCCC4=O)cc(Cl)c3F)c(OC)cc21. The Labute approximate surface area is 223 Å². The molecule has 4 rings (SSSR count). The second-order valence-corrected chi connectivity index (χ2v) is 9.52. The van der Waals surface area contributed by atoms with Crippen LogP contribution in [0.1, 0.15) is 46.8 Å². The van der Waals surface area contributed by atoms with Crippen molar-refractivity contribution in [1.82, 2.24) is 4.57 Å². The molecule has 3 aromatic rings. The molecule has 2 heterocycles. The molecule has 0 unspecified atom stereocenters. The van der Waals surface area contributed by atoms with Crippen LogP contribution < -0.4 is 15.1 Å². The van der Waals surface area contributed by atoms with Gasteiger partial charge in [-0.2, -0.15) is 0 Å². The number of halogens is 2. The summed E-state index contributed by atoms with van der Waals surface area (Å²) in [5.74, 6) is -1.82. The van der Waals surface area contributed by atoms with E-state index in [1.165, 1.54) is 37.1 Å². The van der Waals surface area contributed by atoms with Gasteiger partial charge < -0.3 is 29.2 Å². The number of ether oxygens (including phenoxy) is 2. The third kappa shape index (κ3) is 5.24. The first kappa shape index (κ1) is 27.6. The van der Waals surface area contributed by atoms with E-state index < -0.39 is 28.8 Å². The molecule has 0 aliphatic carbocycles. The molecule has 0 spiro atoms. The lowest BCUT2D eigenvalue weighted by atomic mass is 9.99. The predicted octanol–water partition coefficient (Wildman–Crippen LogP) is 3.79. The van der Waals surface area contributed by atoms with Crippen molar-refractivity contribution in [3.63, 3.8) is 0 Å². The number of anilines is 1. The Balaban J connectivity index is 1.88. The standard InChI is InChI=1S/C27H28ClFN2O7/c1-37-7-5-17(14-32)31-13-20(27(35)36)26(34)19-10-15(23(38-2)12-22(19)31)8-16-9-18(11-21(28)25(16)29)30-6-3-4-24(30)33/h9-13,17,32H,3-8,14H2,1-2H3,(H,35,36)/t17-/m0/s1. The summed E-state index contributed by atoms with van der Waals surface area (Å²) in [6.07, 6.45) is 2.63. The molecule has 2 N–H and O–H groups in total. The minimum absolute atomic E-state index is 0.0373. The minimum atomic E-state index is -1.41. The number of carbonyl (C=O) groups is 2. The van der Waals surface area contributed by atoms with Crippen LogP contribution in [0.3, 0.4) is 0 Å². The highest BCUT2D eigenvalue weighted by molar-refractivity contribution is 6.31. The quantitative estimate of drug-likeness (QED) is 0.397. The Morgan fingerprint density at radius 2 is 1.95 bits per heavy atom. The van der Waals surface area contributed by atoms with E-state index in [1.807, 2.05) is 0 Å². The van der Waals surface area contributed by atoms with E-state index in [1.54, 1.807) is 17.0 Å². The number of aliphatic hydroxyl groups excluding tert-OH is 1. The number of carboxylic acids is 1. The first-order valence-corrected chi connectivity index (χ1v) is 12.4. The van der Waals surface area contributed by atoms with Crippen LogP contribution in [0.2, 0.25) is 5.02 Å². The number of aromatic carboxylic acids is 1. The highest BCUT2D eigenvalue weighted by Gasteiger charge is 2.25. The van der Waals surface area contributed by atoms with Gasteiger partial charge in [-0.3, -0.25) is 9.59 Å². The van der Waals surface area contributed by atoms with Crippen molar-refractivity contribution in [3.05, 3.63) is 68.2 Å². The van der Waals surface area contributed by atoms with E-state index in [-0.39, 0.29) is 34.9 Å². The van der Waals surface area contributed by atoms with Crippen LogP contribution in [0.5, 0.6) is 5.75 Å². The normalized spacial score (nSPS) is 14.3. The smallest absolute Gasteiger partial charge is 0.341 e. The zero-order chi connectivity index (χ0) is 27.6. The third-order valence-corrected chi connectivity index (χ3v) is 7.05. The van der Waals surface area contributed by atoms with Crippen molar-refractivity contribution in [1.29, 1.82) is 0 Å². The molecule has 0 saturated carbocycles. The van der Waals surface area contributed by atoms with Gasteiger partial charge >= 0.3 is 5.97 Å². The number of fused-ring (bicyclic) bond motifs is 1. The molecule has 0 radical (unpaired) electrons. The molecule has 1 saturated heterocycles. The lowest BCUT2D eigenvalue weighted by Crippen LogP contribution is -2.24. The maximum atomic E-state index is 15.1. The average molecular weight is 547 g/mol. The van der Waals surface area contributed by atoms with Crippen LogP contribution in [-0.4, -0.2) is 60.6 Å². The molecule has 2 aromatic carbocycles. The Kier molecular flexibility index (Phi) is 8.35. The fraction of sp³-hybridized carbons (Fsp3) is 0.370. The Morgan fingerprint density at radius 1 is 1.18 bits per heavy atom. The van der Waals surface area contributed by atoms with Gasteiger partial charge in [0.25, 0.3) is 0 Å². The van der Waals surface area contributed by atoms with Crippen LogP contribution in [0.15, 0.2) is 35.3 Å². The van der Waals surface area contributed by atoms with E-state index in [0.29, 0.717) is 54.9 Å². The number of hydrogen-bond acceptors (Lipinski definition) is 6. The zero-order valence-corrected chi connectivity index (χ0v) is 21.8. The van der Waals surface area contributed by atoms with Crippen molar-refractivity contribution >= 4 is 40.1 Å². The number of aliphatic hydroxyl groups is 1. The summed E-state index contributed by atoms with van der Waals surface area (Å²) in [5.41, 5.74) is 0.259. The topological polar surface area (TPSA) is 118 Å². The summed E-state index contributed by atoms with van der Waals surface area (Å²) < 4.78 is 27.3. The maximum Gasteiger partial charge on any atom is 0.341 e. The number of rotatable bonds is 10. The molecule has 11 heteroatoms. The molecule has 9 nitrogen and oxygen atoms in total. The van der Waals surface area contributed by atoms with Crippen LogP contribution in [0, 0.1) is 5.82 Å². The summed E-state index contributed by atoms with van der Waals surface area (Å²) in [5, 5.41) is 19.6. The first-order valence-electron chi connectivity index (χ1n) is 12.1. The van der Waals surface area contributed by atoms with Gasteiger partial charge in [-0.15, -0.1) is 0 Å². The number of nitrogens with zero attached hydrogens (tertiary/aromatic N) is 2. The van der Waals surface area contributed by atoms with Crippen molar-refractivity contribution in [2.45, 2.75) is 31.7 Å². The Morgan fingerprint density at radius 3 is 2.55 bits per heavy atom. The van der Waals surface area contributed by atoms with E-state index in [4.69, 9.17) is 21.1 Å². The lowest BCUT2D eigenvalue weighted by molar-refractivity contribution is -0.117. The largest absolute Gasteiger partial charge is 0.496 e. The third-order valence-electron chi connectivity index (χ3n) is 6.78. The summed E-state index contributed by atoms with van der Waals surface area (Å²) in [7, 11) is 2.94. The number of benzene rings is 2. The number of hydrogen-bond donors (Lipinski definition) is 2. The number of carboxylic acid groups (broad SMARTS) is 1. The van der Waals surface area contributed by atoms with Gasteiger partial charge in [-0.05, 0) is 42.2 Å². The molecule has 1 fully saturated rings. The molecule has 1 amide bonds. The molecule has 202 valence electrons. The Bertz CT molecular complexity index is 1460. The van der Waals surface area contributed by atoms with Crippen LogP contribution >= 0.6 is 11.6 Å². The number of methoxy groups -OCH3 is 2. The van der Waals surface area contributed by atoms with Gasteiger partial charge in [-0.1, -0.05) is 11.6 Å². The van der Waals surface area contributed by atoms with Gasteiger partial charge in [0, 0.05) is 56.4 Å². The molecular weight excluding hydrogens is 519 g/mol. The monoisotopic (exact) mass is 546 g/mol. The molecule has 1 aliphatic heterocycles. The van der Waals surface area contributed by atoms with Gasteiger partial charge in [0.15, 0.2) is 0 Å². The van der Waals surface area contributed by atoms with Crippen LogP contribution in [0.25, 0.3) is 10.9 Å². The number of aromatic nitrogens is 1. The molecule has 0 bridgehead atoms. The van der Waals surface area contributed by atoms with Gasteiger partial charge in [0.2, 0.25) is 11.3 Å². The first-order chi connectivity index (χ1) is 18.2. The van der Waals surface area contributed by atoms with Crippen molar-refractivity contribution in [2.24, 2.45) is 0 Å². The minimum Gasteiger partial charge on any atom is -0.496 e. The molecule has 1 atom stereocenters. The second-order valence-electron chi connectivity index (χ2n) is 9.11. The van der Waals surface area contributed by atoms with E-state index in [2.05, 4.69) is 0 Å². The van der Waals surface area contributed by atoms with Crippen molar-refractivity contribution in [3.8, 4) is 5.75 Å². The van der Waals surface area contributed by atoms with Crippen molar-refractivity contribution < 1.29 is 33.7 Å². The summed E-state index contributed by atoms with van der Waals surface area (Å²) in [6.45, 7) is 0.481. The van der Waals surface area contributed by atoms with Gasteiger partial charge in [0.1, 0.15) is 17.1 Å². The lowest BCUT2D eigenvalue weighted by Gasteiger charge is -2.22. The zero-order valence-electron chi connectivity index (χ0n) is 21.0. The van der Waals surface area contributed by atoms with E-state index >= 15 is 4.39 Å². The Hall–Kier alpha value is -3.47. The van der Waals surface area contributed by atoms with Crippen LogP contribution in [0.4, 0.5) is 10.1 Å². The molecule has 1 aliphatic rings. The predicted molar refractivity (Wildman–Crippen MR) is 140 cm³/mol. The highest BCUT2D eigenvalue weighted by atomic mass is 35.5. The van der Waals surface area contributed by atoms with Crippen LogP contribution in [-0.2, 0) is 16.0 Å². The fourth-order valence-electron chi connectivity index (χ4n) is 4.82. The molecule has 38 heavy (non-hydrogen) atoms. The van der Waals surface area contributed by atoms with E-state index in [9.17, 15) is 24.6 Å². The van der Waals surface area contributed by atoms with E-state index in [0.717, 1.165) is 0 Å². The fourth-order valence-corrected chi connectivity index (χ4v) is 5.05. The average Bonchev–Trinajstić information content (AvgIpc) is 3.33. The van der Waals surface area contributed by atoms with Gasteiger partial charge in [0.05, 0.1) is 30.3 Å². The summed E-state index contributed by atoms with van der Waals surface area (Å²) >= 11 is 6.18. The highest BCUT2D eigenvalue weighted by Crippen LogP contribution is 2.34. The van der Waals surface area contributed by atoms with Crippen molar-refractivity contribution in [2.75, 3.05) is 38.9 Å². The number of amides is 1. The number of pyridine rings is 1. The molecular formula is C27H28ClFN2O7. The van der Waals surface area contributed by atoms with Gasteiger partial charge in [-0.25, -0.2) is 9.18 Å². The summed E-state index contributed by atoms with van der Waals surface area (Å²) in [4.78, 5) is 38.9.